The lowest BCUT2D eigenvalue weighted by Crippen LogP contribution is -2.03. The van der Waals surface area contributed by atoms with Crippen LogP contribution >= 0.6 is 0 Å². The second-order valence-electron chi connectivity index (χ2n) is 3.64. The molecule has 0 saturated carbocycles. The number of hydrogen-bond acceptors (Lipinski definition) is 2. The SMILES string of the molecule is NCCc1cc2c(cc1O)CCC2. The first-order chi connectivity index (χ1) is 6.31. The van der Waals surface area contributed by atoms with Crippen molar-refractivity contribution in [3.8, 4) is 5.75 Å². The van der Waals surface area contributed by atoms with Gasteiger partial charge < -0.3 is 10.8 Å². The van der Waals surface area contributed by atoms with E-state index in [2.05, 4.69) is 6.07 Å². The summed E-state index contributed by atoms with van der Waals surface area (Å²) in [4.78, 5) is 0. The minimum absolute atomic E-state index is 0.422. The lowest BCUT2D eigenvalue weighted by Gasteiger charge is -2.06. The zero-order chi connectivity index (χ0) is 9.26. The summed E-state index contributed by atoms with van der Waals surface area (Å²) < 4.78 is 0. The Morgan fingerprint density at radius 2 is 1.92 bits per heavy atom. The molecule has 0 radical (unpaired) electrons. The standard InChI is InChI=1S/C11H15NO/c12-5-4-10-6-8-2-1-3-9(8)7-11(10)13/h6-7,13H,1-5,12H2. The summed E-state index contributed by atoms with van der Waals surface area (Å²) in [5.74, 6) is 0.422. The Kier molecular flexibility index (Phi) is 2.23. The molecule has 0 atom stereocenters. The minimum Gasteiger partial charge on any atom is -0.508 e. The number of phenolic OH excluding ortho intramolecular Hbond substituents is 1. The third-order valence-electron chi connectivity index (χ3n) is 2.71. The smallest absolute Gasteiger partial charge is 0.119 e. The highest BCUT2D eigenvalue weighted by Crippen LogP contribution is 2.29. The van der Waals surface area contributed by atoms with Gasteiger partial charge in [-0.1, -0.05) is 6.07 Å². The van der Waals surface area contributed by atoms with Crippen molar-refractivity contribution in [2.75, 3.05) is 6.54 Å². The molecule has 0 fully saturated rings. The van der Waals surface area contributed by atoms with Gasteiger partial charge in [-0.3, -0.25) is 0 Å². The quantitative estimate of drug-likeness (QED) is 0.717. The van der Waals surface area contributed by atoms with Crippen LogP contribution in [0.1, 0.15) is 23.1 Å². The molecule has 2 nitrogen and oxygen atoms in total. The van der Waals surface area contributed by atoms with Gasteiger partial charge in [0.25, 0.3) is 0 Å². The van der Waals surface area contributed by atoms with Crippen LogP contribution in [0.15, 0.2) is 12.1 Å². The van der Waals surface area contributed by atoms with E-state index < -0.39 is 0 Å². The predicted molar refractivity (Wildman–Crippen MR) is 52.9 cm³/mol. The van der Waals surface area contributed by atoms with Crippen LogP contribution in [0.3, 0.4) is 0 Å². The number of nitrogens with two attached hydrogens (primary N) is 1. The molecule has 13 heavy (non-hydrogen) atoms. The van der Waals surface area contributed by atoms with Gasteiger partial charge >= 0.3 is 0 Å². The van der Waals surface area contributed by atoms with E-state index in [1.165, 1.54) is 17.5 Å². The van der Waals surface area contributed by atoms with Crippen LogP contribution in [0.5, 0.6) is 5.75 Å². The van der Waals surface area contributed by atoms with Crippen LogP contribution in [0, 0.1) is 0 Å². The van der Waals surface area contributed by atoms with Gasteiger partial charge in [0.1, 0.15) is 5.75 Å². The molecule has 1 aromatic rings. The molecule has 3 N–H and O–H groups in total. The fraction of sp³-hybridized carbons (Fsp3) is 0.455. The van der Waals surface area contributed by atoms with E-state index in [0.29, 0.717) is 12.3 Å². The summed E-state index contributed by atoms with van der Waals surface area (Å²) in [7, 11) is 0. The molecule has 0 spiro atoms. The van der Waals surface area contributed by atoms with Gasteiger partial charge in [-0.05, 0) is 55.0 Å². The van der Waals surface area contributed by atoms with Crippen molar-refractivity contribution < 1.29 is 5.11 Å². The molecule has 0 aliphatic heterocycles. The summed E-state index contributed by atoms with van der Waals surface area (Å²) in [6.45, 7) is 0.604. The van der Waals surface area contributed by atoms with Crippen LogP contribution in [-0.4, -0.2) is 11.7 Å². The molecule has 0 unspecified atom stereocenters. The Bertz CT molecular complexity index is 320. The number of fused-ring (bicyclic) bond motifs is 1. The molecule has 0 amide bonds. The maximum Gasteiger partial charge on any atom is 0.119 e. The third kappa shape index (κ3) is 1.54. The molecule has 1 aromatic carbocycles. The molecular formula is C11H15NO. The summed E-state index contributed by atoms with van der Waals surface area (Å²) in [6, 6.07) is 4.03. The second kappa shape index (κ2) is 3.38. The Hall–Kier alpha value is -1.02. The van der Waals surface area contributed by atoms with Gasteiger partial charge in [-0.25, -0.2) is 0 Å². The van der Waals surface area contributed by atoms with Crippen LogP contribution in [0.4, 0.5) is 0 Å². The molecule has 0 aromatic heterocycles. The average Bonchev–Trinajstić information content (AvgIpc) is 2.52. The lowest BCUT2D eigenvalue weighted by molar-refractivity contribution is 0.467. The van der Waals surface area contributed by atoms with E-state index in [-0.39, 0.29) is 0 Å². The summed E-state index contributed by atoms with van der Waals surface area (Å²) in [5, 5.41) is 9.65. The van der Waals surface area contributed by atoms with Crippen molar-refractivity contribution in [1.82, 2.24) is 0 Å². The molecular weight excluding hydrogens is 162 g/mol. The summed E-state index contributed by atoms with van der Waals surface area (Å²) in [6.07, 6.45) is 4.28. The Morgan fingerprint density at radius 3 is 2.62 bits per heavy atom. The van der Waals surface area contributed by atoms with Gasteiger partial charge in [0.05, 0.1) is 0 Å². The first-order valence-corrected chi connectivity index (χ1v) is 4.85. The molecule has 2 rings (SSSR count). The first-order valence-electron chi connectivity index (χ1n) is 4.85. The normalized spacial score (nSPS) is 14.5. The molecule has 0 bridgehead atoms. The first kappa shape index (κ1) is 8.57. The van der Waals surface area contributed by atoms with Crippen LogP contribution in [-0.2, 0) is 19.3 Å². The molecule has 2 heteroatoms. The Morgan fingerprint density at radius 1 is 1.23 bits per heavy atom. The number of hydrogen-bond donors (Lipinski definition) is 2. The van der Waals surface area contributed by atoms with E-state index >= 15 is 0 Å². The van der Waals surface area contributed by atoms with E-state index in [1.54, 1.807) is 0 Å². The van der Waals surface area contributed by atoms with E-state index in [1.807, 2.05) is 6.07 Å². The maximum atomic E-state index is 9.65. The summed E-state index contributed by atoms with van der Waals surface area (Å²) >= 11 is 0. The highest BCUT2D eigenvalue weighted by Gasteiger charge is 2.13. The minimum atomic E-state index is 0.422. The zero-order valence-electron chi connectivity index (χ0n) is 7.71. The number of aromatic hydroxyl groups is 1. The number of benzene rings is 1. The topological polar surface area (TPSA) is 46.2 Å². The number of aryl methyl sites for hydroxylation is 2. The highest BCUT2D eigenvalue weighted by atomic mass is 16.3. The highest BCUT2D eigenvalue weighted by molar-refractivity contribution is 5.44. The predicted octanol–water partition coefficient (Wildman–Crippen LogP) is 1.38. The molecule has 0 heterocycles. The van der Waals surface area contributed by atoms with Crippen molar-refractivity contribution in [3.63, 3.8) is 0 Å². The second-order valence-corrected chi connectivity index (χ2v) is 3.64. The van der Waals surface area contributed by atoms with E-state index in [0.717, 1.165) is 24.8 Å². The van der Waals surface area contributed by atoms with Crippen LogP contribution < -0.4 is 5.73 Å². The molecule has 1 aliphatic carbocycles. The van der Waals surface area contributed by atoms with Crippen molar-refractivity contribution in [2.45, 2.75) is 25.7 Å². The lowest BCUT2D eigenvalue weighted by atomic mass is 10.0. The number of phenols is 1. The molecule has 70 valence electrons. The van der Waals surface area contributed by atoms with Gasteiger partial charge in [0.2, 0.25) is 0 Å². The van der Waals surface area contributed by atoms with Crippen molar-refractivity contribution in [1.29, 1.82) is 0 Å². The Labute approximate surface area is 78.4 Å². The van der Waals surface area contributed by atoms with Gasteiger partial charge in [0.15, 0.2) is 0 Å². The third-order valence-corrected chi connectivity index (χ3v) is 2.71. The monoisotopic (exact) mass is 177 g/mol. The zero-order valence-corrected chi connectivity index (χ0v) is 7.71. The maximum absolute atomic E-state index is 9.65. The fourth-order valence-electron chi connectivity index (χ4n) is 2.02. The summed E-state index contributed by atoms with van der Waals surface area (Å²) in [5.41, 5.74) is 9.19. The van der Waals surface area contributed by atoms with E-state index in [4.69, 9.17) is 5.73 Å². The number of rotatable bonds is 2. The van der Waals surface area contributed by atoms with Gasteiger partial charge in [-0.2, -0.15) is 0 Å². The molecule has 0 saturated heterocycles. The van der Waals surface area contributed by atoms with Crippen LogP contribution in [0.2, 0.25) is 0 Å². The van der Waals surface area contributed by atoms with E-state index in [9.17, 15) is 5.11 Å². The van der Waals surface area contributed by atoms with Gasteiger partial charge in [0, 0.05) is 0 Å². The van der Waals surface area contributed by atoms with Gasteiger partial charge in [-0.15, -0.1) is 0 Å². The largest absolute Gasteiger partial charge is 0.508 e. The van der Waals surface area contributed by atoms with Crippen molar-refractivity contribution in [2.24, 2.45) is 5.73 Å². The van der Waals surface area contributed by atoms with Crippen molar-refractivity contribution in [3.05, 3.63) is 28.8 Å². The molecule has 1 aliphatic rings. The van der Waals surface area contributed by atoms with Crippen LogP contribution in [0.25, 0.3) is 0 Å². The fourth-order valence-corrected chi connectivity index (χ4v) is 2.02. The Balaban J connectivity index is 2.37. The average molecular weight is 177 g/mol. The van der Waals surface area contributed by atoms with Crippen molar-refractivity contribution >= 4 is 0 Å².